The van der Waals surface area contributed by atoms with Crippen LogP contribution >= 0.6 is 0 Å². The largest absolute Gasteiger partial charge is 0.352 e. The maximum absolute atomic E-state index is 5.57. The fourth-order valence-electron chi connectivity index (χ4n) is 1.21. The Morgan fingerprint density at radius 1 is 1.70 bits per heavy atom. The van der Waals surface area contributed by atoms with E-state index in [0.29, 0.717) is 6.10 Å². The Hall–Kier alpha value is -0.340. The Kier molecular flexibility index (Phi) is 2.46. The van der Waals surface area contributed by atoms with E-state index < -0.39 is 0 Å². The van der Waals surface area contributed by atoms with E-state index in [1.54, 1.807) is 0 Å². The predicted molar refractivity (Wildman–Crippen MR) is 41.8 cm³/mol. The summed E-state index contributed by atoms with van der Waals surface area (Å²) in [4.78, 5) is 0. The molecule has 0 aromatic carbocycles. The van der Waals surface area contributed by atoms with Crippen LogP contribution in [0.3, 0.4) is 0 Å². The zero-order valence-electron chi connectivity index (χ0n) is 6.85. The molecule has 0 amide bonds. The van der Waals surface area contributed by atoms with E-state index in [1.807, 2.05) is 7.05 Å². The Morgan fingerprint density at radius 2 is 2.40 bits per heavy atom. The van der Waals surface area contributed by atoms with Gasteiger partial charge in [0.1, 0.15) is 6.23 Å². The van der Waals surface area contributed by atoms with Gasteiger partial charge in [-0.05, 0) is 26.0 Å². The summed E-state index contributed by atoms with van der Waals surface area (Å²) in [5.74, 6) is 0. The van der Waals surface area contributed by atoms with Crippen molar-refractivity contribution in [1.82, 2.24) is 5.32 Å². The Labute approximate surface area is 62.3 Å². The Bertz CT molecular complexity index is 142. The topological polar surface area (TPSA) is 21.3 Å². The van der Waals surface area contributed by atoms with Gasteiger partial charge >= 0.3 is 0 Å². The van der Waals surface area contributed by atoms with Gasteiger partial charge in [0.15, 0.2) is 0 Å². The van der Waals surface area contributed by atoms with E-state index in [2.05, 4.69) is 25.2 Å². The van der Waals surface area contributed by atoms with E-state index in [0.717, 1.165) is 6.42 Å². The number of nitrogens with one attached hydrogen (secondary N) is 1. The summed E-state index contributed by atoms with van der Waals surface area (Å²) in [5.41, 5.74) is 1.30. The third kappa shape index (κ3) is 1.39. The lowest BCUT2D eigenvalue weighted by Gasteiger charge is -2.12. The molecule has 2 atom stereocenters. The van der Waals surface area contributed by atoms with Crippen LogP contribution in [0.4, 0.5) is 0 Å². The van der Waals surface area contributed by atoms with E-state index >= 15 is 0 Å². The average Bonchev–Trinajstić information content (AvgIpc) is 2.30. The summed E-state index contributed by atoms with van der Waals surface area (Å²) in [6, 6.07) is 0. The molecule has 1 N–H and O–H groups in total. The van der Waals surface area contributed by atoms with Crippen molar-refractivity contribution in [3.05, 3.63) is 11.6 Å². The van der Waals surface area contributed by atoms with E-state index in [4.69, 9.17) is 4.74 Å². The minimum Gasteiger partial charge on any atom is -0.352 e. The van der Waals surface area contributed by atoms with Crippen molar-refractivity contribution < 1.29 is 4.74 Å². The smallest absolute Gasteiger partial charge is 0.130 e. The van der Waals surface area contributed by atoms with Crippen molar-refractivity contribution in [3.63, 3.8) is 0 Å². The standard InChI is InChI=1S/C8H15NO/c1-4-7-5-6(2)8(9-3)10-7/h5,7-9H,4H2,1-3H3. The lowest BCUT2D eigenvalue weighted by Crippen LogP contribution is -2.27. The SMILES string of the molecule is CCC1C=C(C)C(NC)O1. The molecule has 1 rings (SSSR count). The summed E-state index contributed by atoms with van der Waals surface area (Å²) < 4.78 is 5.57. The number of hydrogen-bond acceptors (Lipinski definition) is 2. The second-order valence-corrected chi connectivity index (χ2v) is 2.66. The van der Waals surface area contributed by atoms with Crippen LogP contribution in [0.15, 0.2) is 11.6 Å². The first-order chi connectivity index (χ1) is 4.77. The van der Waals surface area contributed by atoms with Gasteiger partial charge in [0, 0.05) is 0 Å². The lowest BCUT2D eigenvalue weighted by molar-refractivity contribution is 0.0397. The van der Waals surface area contributed by atoms with Gasteiger partial charge in [0.05, 0.1) is 6.10 Å². The molecule has 0 saturated carbocycles. The van der Waals surface area contributed by atoms with Crippen LogP contribution in [0.2, 0.25) is 0 Å². The van der Waals surface area contributed by atoms with E-state index in [-0.39, 0.29) is 6.23 Å². The molecule has 58 valence electrons. The molecule has 1 aliphatic rings. The molecule has 0 radical (unpaired) electrons. The third-order valence-electron chi connectivity index (χ3n) is 1.84. The lowest BCUT2D eigenvalue weighted by atomic mass is 10.2. The van der Waals surface area contributed by atoms with Crippen LogP contribution in [0.1, 0.15) is 20.3 Å². The van der Waals surface area contributed by atoms with Crippen LogP contribution in [0.5, 0.6) is 0 Å². The van der Waals surface area contributed by atoms with Crippen LogP contribution in [-0.2, 0) is 4.74 Å². The summed E-state index contributed by atoms with van der Waals surface area (Å²) in [6.07, 6.45) is 3.74. The molecular weight excluding hydrogens is 126 g/mol. The van der Waals surface area contributed by atoms with Crippen molar-refractivity contribution in [2.24, 2.45) is 0 Å². The average molecular weight is 141 g/mol. The number of ether oxygens (including phenoxy) is 1. The molecule has 0 aromatic heterocycles. The van der Waals surface area contributed by atoms with Crippen molar-refractivity contribution in [1.29, 1.82) is 0 Å². The summed E-state index contributed by atoms with van der Waals surface area (Å²) in [7, 11) is 1.92. The second kappa shape index (κ2) is 3.17. The van der Waals surface area contributed by atoms with Crippen LogP contribution < -0.4 is 5.32 Å². The summed E-state index contributed by atoms with van der Waals surface area (Å²) in [5, 5.41) is 3.09. The van der Waals surface area contributed by atoms with Gasteiger partial charge in [-0.2, -0.15) is 0 Å². The first-order valence-corrected chi connectivity index (χ1v) is 3.79. The predicted octanol–water partition coefficient (Wildman–Crippen LogP) is 1.29. The fraction of sp³-hybridized carbons (Fsp3) is 0.750. The molecule has 0 bridgehead atoms. The molecular formula is C8H15NO. The van der Waals surface area contributed by atoms with Crippen molar-refractivity contribution in [3.8, 4) is 0 Å². The molecule has 0 spiro atoms. The zero-order valence-corrected chi connectivity index (χ0v) is 6.85. The Balaban J connectivity index is 2.50. The third-order valence-corrected chi connectivity index (χ3v) is 1.84. The molecule has 1 aliphatic heterocycles. The van der Waals surface area contributed by atoms with Gasteiger partial charge in [-0.25, -0.2) is 0 Å². The molecule has 2 heteroatoms. The van der Waals surface area contributed by atoms with Crippen molar-refractivity contribution in [2.45, 2.75) is 32.6 Å². The number of likely N-dealkylation sites (N-methyl/N-ethyl adjacent to an activating group) is 1. The second-order valence-electron chi connectivity index (χ2n) is 2.66. The Morgan fingerprint density at radius 3 is 2.70 bits per heavy atom. The van der Waals surface area contributed by atoms with Crippen molar-refractivity contribution >= 4 is 0 Å². The van der Waals surface area contributed by atoms with E-state index in [9.17, 15) is 0 Å². The maximum Gasteiger partial charge on any atom is 0.130 e. The fourth-order valence-corrected chi connectivity index (χ4v) is 1.21. The highest BCUT2D eigenvalue weighted by Gasteiger charge is 2.20. The molecule has 10 heavy (non-hydrogen) atoms. The van der Waals surface area contributed by atoms with Gasteiger partial charge in [-0.3, -0.25) is 5.32 Å². The number of hydrogen-bond donors (Lipinski definition) is 1. The molecule has 1 heterocycles. The molecule has 0 aromatic rings. The minimum absolute atomic E-state index is 0.157. The monoisotopic (exact) mass is 141 g/mol. The summed E-state index contributed by atoms with van der Waals surface area (Å²) in [6.45, 7) is 4.23. The van der Waals surface area contributed by atoms with Gasteiger partial charge in [-0.15, -0.1) is 0 Å². The molecule has 2 nitrogen and oxygen atoms in total. The maximum atomic E-state index is 5.57. The zero-order chi connectivity index (χ0) is 7.56. The highest BCUT2D eigenvalue weighted by molar-refractivity contribution is 5.12. The number of rotatable bonds is 2. The normalized spacial score (nSPS) is 32.5. The first kappa shape index (κ1) is 7.76. The molecule has 2 unspecified atom stereocenters. The van der Waals surface area contributed by atoms with E-state index in [1.165, 1.54) is 5.57 Å². The minimum atomic E-state index is 0.157. The van der Waals surface area contributed by atoms with Crippen LogP contribution in [-0.4, -0.2) is 19.4 Å². The van der Waals surface area contributed by atoms with Gasteiger partial charge < -0.3 is 4.74 Å². The highest BCUT2D eigenvalue weighted by Crippen LogP contribution is 2.18. The first-order valence-electron chi connectivity index (χ1n) is 3.79. The molecule has 0 aliphatic carbocycles. The molecule has 0 saturated heterocycles. The highest BCUT2D eigenvalue weighted by atomic mass is 16.5. The summed E-state index contributed by atoms with van der Waals surface area (Å²) >= 11 is 0. The van der Waals surface area contributed by atoms with Gasteiger partial charge in [-0.1, -0.05) is 13.0 Å². The van der Waals surface area contributed by atoms with Gasteiger partial charge in [0.25, 0.3) is 0 Å². The molecule has 0 fully saturated rings. The van der Waals surface area contributed by atoms with Crippen LogP contribution in [0.25, 0.3) is 0 Å². The quantitative estimate of drug-likeness (QED) is 0.585. The van der Waals surface area contributed by atoms with Crippen molar-refractivity contribution in [2.75, 3.05) is 7.05 Å². The van der Waals surface area contributed by atoms with Crippen LogP contribution in [0, 0.1) is 0 Å². The van der Waals surface area contributed by atoms with Gasteiger partial charge in [0.2, 0.25) is 0 Å².